The van der Waals surface area contributed by atoms with Crippen LogP contribution in [0.15, 0.2) is 0 Å². The summed E-state index contributed by atoms with van der Waals surface area (Å²) in [7, 11) is 0. The minimum atomic E-state index is -0.776. The molecule has 0 bridgehead atoms. The van der Waals surface area contributed by atoms with Crippen LogP contribution in [0.5, 0.6) is 0 Å². The molecule has 0 aromatic carbocycles. The van der Waals surface area contributed by atoms with E-state index in [9.17, 15) is 9.59 Å². The van der Waals surface area contributed by atoms with Gasteiger partial charge in [-0.15, -0.1) is 0 Å². The molecule has 6 nitrogen and oxygen atoms in total. The normalized spacial score (nSPS) is 11.6. The minimum Gasteiger partial charge on any atom is -0.485 e. The highest BCUT2D eigenvalue weighted by Gasteiger charge is 2.30. The van der Waals surface area contributed by atoms with Gasteiger partial charge in [0.25, 0.3) is 0 Å². The van der Waals surface area contributed by atoms with Crippen LogP contribution in [-0.2, 0) is 14.2 Å². The topological polar surface area (TPSA) is 65.1 Å². The first-order chi connectivity index (χ1) is 9.32. The zero-order chi connectivity index (χ0) is 16.8. The average molecular weight is 319 g/mol. The first-order valence-corrected chi connectivity index (χ1v) is 7.09. The van der Waals surface area contributed by atoms with Gasteiger partial charge in [-0.25, -0.2) is 14.5 Å². The molecule has 21 heavy (non-hydrogen) atoms. The van der Waals surface area contributed by atoms with Crippen molar-refractivity contribution in [1.29, 1.82) is 0 Å². The van der Waals surface area contributed by atoms with Crippen molar-refractivity contribution < 1.29 is 23.8 Å². The summed E-state index contributed by atoms with van der Waals surface area (Å²) in [5.41, 5.74) is -1.42. The lowest BCUT2D eigenvalue weighted by Gasteiger charge is -2.28. The van der Waals surface area contributed by atoms with Crippen molar-refractivity contribution in [1.82, 2.24) is 4.90 Å². The molecule has 0 saturated carbocycles. The molecule has 0 rings (SSSR count). The number of ether oxygens (including phenoxy) is 3. The summed E-state index contributed by atoms with van der Waals surface area (Å²) in [5.74, 6) is 0. The van der Waals surface area contributed by atoms with Gasteiger partial charge in [-0.3, -0.25) is 0 Å². The largest absolute Gasteiger partial charge is 0.485 e. The molecule has 0 saturated heterocycles. The van der Waals surface area contributed by atoms with E-state index in [0.29, 0.717) is 5.05 Å². The zero-order valence-electron chi connectivity index (χ0n) is 13.8. The highest BCUT2D eigenvalue weighted by Crippen LogP contribution is 2.14. The molecule has 0 aliphatic carbocycles. The van der Waals surface area contributed by atoms with Crippen LogP contribution in [0.3, 0.4) is 0 Å². The summed E-state index contributed by atoms with van der Waals surface area (Å²) in [4.78, 5) is 25.0. The summed E-state index contributed by atoms with van der Waals surface area (Å²) < 4.78 is 15.5. The van der Waals surface area contributed by atoms with Gasteiger partial charge in [0.05, 0.1) is 6.54 Å². The lowest BCUT2D eigenvalue weighted by atomic mass is 10.2. The molecule has 0 aromatic heterocycles. The molecule has 0 aromatic rings. The fraction of sp³-hybridized carbons (Fsp3) is 0.786. The number of rotatable bonds is 3. The number of thiocarbonyl (C=S) groups is 1. The Morgan fingerprint density at radius 1 is 0.952 bits per heavy atom. The molecule has 7 heteroatoms. The Kier molecular flexibility index (Phi) is 7.09. The number of carbonyl (C=O) groups is 2. The van der Waals surface area contributed by atoms with E-state index in [-0.39, 0.29) is 13.2 Å². The molecule has 122 valence electrons. The molecule has 0 heterocycles. The van der Waals surface area contributed by atoms with Gasteiger partial charge in [-0.2, -0.15) is 0 Å². The molecular formula is C14H25NO5S. The van der Waals surface area contributed by atoms with E-state index in [1.807, 2.05) is 0 Å². The van der Waals surface area contributed by atoms with Crippen molar-refractivity contribution in [3.05, 3.63) is 0 Å². The Balaban J connectivity index is 4.87. The Hall–Kier alpha value is -1.37. The summed E-state index contributed by atoms with van der Waals surface area (Å²) in [6.07, 6.45) is -1.55. The smallest absolute Gasteiger partial charge is 0.419 e. The van der Waals surface area contributed by atoms with Gasteiger partial charge in [-0.05, 0) is 53.8 Å². The van der Waals surface area contributed by atoms with Gasteiger partial charge in [0.2, 0.25) is 0 Å². The van der Waals surface area contributed by atoms with E-state index in [1.165, 1.54) is 0 Å². The second-order valence-corrected chi connectivity index (χ2v) is 7.03. The second kappa shape index (κ2) is 7.59. The third kappa shape index (κ3) is 10.1. The highest BCUT2D eigenvalue weighted by molar-refractivity contribution is 7.80. The minimum absolute atomic E-state index is 0.00218. The quantitative estimate of drug-likeness (QED) is 0.742. The Morgan fingerprint density at radius 3 is 1.62 bits per heavy atom. The van der Waals surface area contributed by atoms with E-state index in [1.54, 1.807) is 48.5 Å². The van der Waals surface area contributed by atoms with Gasteiger partial charge in [0, 0.05) is 6.92 Å². The third-order valence-corrected chi connectivity index (χ3v) is 1.97. The van der Waals surface area contributed by atoms with Crippen LogP contribution in [-0.4, -0.2) is 46.5 Å². The zero-order valence-corrected chi connectivity index (χ0v) is 14.6. The average Bonchev–Trinajstić information content (AvgIpc) is 2.18. The Bertz CT molecular complexity index is 367. The maximum atomic E-state index is 12.1. The van der Waals surface area contributed by atoms with Gasteiger partial charge >= 0.3 is 12.2 Å². The summed E-state index contributed by atoms with van der Waals surface area (Å²) in [5, 5.41) is 0.336. The standard InChI is InChI=1S/C14H25NO5S/c1-10(21)18-9-8-15(11(16)19-13(2,3)4)12(17)20-14(5,6)7/h8-9H2,1-7H3. The predicted molar refractivity (Wildman–Crippen MR) is 83.4 cm³/mol. The van der Waals surface area contributed by atoms with E-state index >= 15 is 0 Å². The third-order valence-electron chi connectivity index (χ3n) is 1.85. The number of amides is 2. The fourth-order valence-electron chi connectivity index (χ4n) is 1.17. The van der Waals surface area contributed by atoms with Crippen LogP contribution in [0.4, 0.5) is 9.59 Å². The maximum absolute atomic E-state index is 12.1. The SMILES string of the molecule is CC(=S)OCCN(C(=O)OC(C)(C)C)C(=O)OC(C)(C)C. The van der Waals surface area contributed by atoms with E-state index < -0.39 is 23.4 Å². The number of nitrogens with zero attached hydrogens (tertiary/aromatic N) is 1. The number of carbonyl (C=O) groups excluding carboxylic acids is 2. The van der Waals surface area contributed by atoms with Crippen molar-refractivity contribution in [2.75, 3.05) is 13.2 Å². The van der Waals surface area contributed by atoms with Crippen molar-refractivity contribution in [2.24, 2.45) is 0 Å². The molecule has 0 spiro atoms. The van der Waals surface area contributed by atoms with Crippen LogP contribution >= 0.6 is 12.2 Å². The first-order valence-electron chi connectivity index (χ1n) is 6.69. The van der Waals surface area contributed by atoms with E-state index in [4.69, 9.17) is 26.4 Å². The molecular weight excluding hydrogens is 294 g/mol. The first kappa shape index (κ1) is 19.6. The van der Waals surface area contributed by atoms with Crippen molar-refractivity contribution in [3.63, 3.8) is 0 Å². The second-order valence-electron chi connectivity index (χ2n) is 6.45. The summed E-state index contributed by atoms with van der Waals surface area (Å²) in [6.45, 7) is 12.0. The predicted octanol–water partition coefficient (Wildman–Crippen LogP) is 3.52. The number of imide groups is 1. The molecule has 0 aliphatic heterocycles. The lowest BCUT2D eigenvalue weighted by molar-refractivity contribution is -0.000900. The van der Waals surface area contributed by atoms with Crippen LogP contribution in [0.2, 0.25) is 0 Å². The van der Waals surface area contributed by atoms with Crippen LogP contribution in [0.25, 0.3) is 0 Å². The van der Waals surface area contributed by atoms with Gasteiger partial charge in [-0.1, -0.05) is 0 Å². The summed E-state index contributed by atoms with van der Waals surface area (Å²) in [6, 6.07) is 0. The monoisotopic (exact) mass is 319 g/mol. The van der Waals surface area contributed by atoms with Crippen molar-refractivity contribution in [3.8, 4) is 0 Å². The molecule has 0 unspecified atom stereocenters. The highest BCUT2D eigenvalue weighted by atomic mass is 32.1. The molecule has 0 atom stereocenters. The molecule has 2 amide bonds. The molecule has 0 N–H and O–H groups in total. The summed E-state index contributed by atoms with van der Waals surface area (Å²) >= 11 is 4.78. The lowest BCUT2D eigenvalue weighted by Crippen LogP contribution is -2.45. The Labute approximate surface area is 131 Å². The van der Waals surface area contributed by atoms with Crippen molar-refractivity contribution >= 4 is 29.5 Å². The molecule has 0 aliphatic rings. The van der Waals surface area contributed by atoms with Gasteiger partial charge in [0.15, 0.2) is 5.05 Å². The van der Waals surface area contributed by atoms with Gasteiger partial charge in [0.1, 0.15) is 17.8 Å². The number of hydrogen-bond donors (Lipinski definition) is 0. The van der Waals surface area contributed by atoms with Crippen LogP contribution in [0.1, 0.15) is 48.5 Å². The maximum Gasteiger partial charge on any atom is 0.419 e. The Morgan fingerprint density at radius 2 is 1.33 bits per heavy atom. The fourth-order valence-corrected chi connectivity index (χ4v) is 1.26. The molecule has 0 radical (unpaired) electrons. The molecule has 0 fully saturated rings. The van der Waals surface area contributed by atoms with Gasteiger partial charge < -0.3 is 14.2 Å². The van der Waals surface area contributed by atoms with E-state index in [2.05, 4.69) is 0 Å². The number of hydrogen-bond acceptors (Lipinski definition) is 6. The van der Waals surface area contributed by atoms with Crippen LogP contribution in [0, 0.1) is 0 Å². The van der Waals surface area contributed by atoms with Crippen molar-refractivity contribution in [2.45, 2.75) is 59.7 Å². The van der Waals surface area contributed by atoms with Crippen LogP contribution < -0.4 is 0 Å². The van der Waals surface area contributed by atoms with E-state index in [0.717, 1.165) is 4.90 Å².